The summed E-state index contributed by atoms with van der Waals surface area (Å²) >= 11 is 0. The Labute approximate surface area is 177 Å². The molecule has 1 aliphatic carbocycles. The molecule has 2 aromatic rings. The predicted molar refractivity (Wildman–Crippen MR) is 118 cm³/mol. The first kappa shape index (κ1) is 23.3. The number of hydrogen-bond acceptors (Lipinski definition) is 5. The molecule has 162 valence electrons. The summed E-state index contributed by atoms with van der Waals surface area (Å²) in [5, 5.41) is 3.15. The van der Waals surface area contributed by atoms with Gasteiger partial charge in [0.2, 0.25) is 0 Å². The second-order valence-electron chi connectivity index (χ2n) is 8.49. The van der Waals surface area contributed by atoms with Gasteiger partial charge in [-0.25, -0.2) is 9.78 Å². The van der Waals surface area contributed by atoms with Gasteiger partial charge in [-0.2, -0.15) is 0 Å². The molecule has 0 saturated heterocycles. The maximum atomic E-state index is 13.1. The number of fused-ring (bicyclic) bond motifs is 1. The first-order valence-corrected chi connectivity index (χ1v) is 9.73. The third kappa shape index (κ3) is 5.14. The maximum Gasteiger partial charge on any atom is 0.407 e. The molecule has 1 aromatic carbocycles. The van der Waals surface area contributed by atoms with Crippen LogP contribution in [0.4, 0.5) is 4.79 Å². The molecule has 1 saturated carbocycles. The zero-order valence-electron chi connectivity index (χ0n) is 17.4. The van der Waals surface area contributed by atoms with Crippen LogP contribution < -0.4 is 10.9 Å². The standard InChI is InChI=1S/C22H27N3O4.CH4/c1-13-6-9-18(19(26)10-13)25-14(2)24-17-11-15(7-8-16(17)20(25)27)12-23-21(28)29-22(3,4)5;/h7-8,11,18H,1,6,9-10,12H2,2-5H3,(H,23,28);1H4. The maximum absolute atomic E-state index is 13.1. The van der Waals surface area contributed by atoms with Gasteiger partial charge in [0.05, 0.1) is 16.9 Å². The molecule has 1 heterocycles. The van der Waals surface area contributed by atoms with E-state index >= 15 is 0 Å². The highest BCUT2D eigenvalue weighted by Gasteiger charge is 2.28. The zero-order valence-corrected chi connectivity index (χ0v) is 17.4. The summed E-state index contributed by atoms with van der Waals surface area (Å²) in [4.78, 5) is 41.9. The van der Waals surface area contributed by atoms with E-state index in [4.69, 9.17) is 4.74 Å². The van der Waals surface area contributed by atoms with Crippen molar-refractivity contribution in [1.82, 2.24) is 14.9 Å². The van der Waals surface area contributed by atoms with E-state index in [-0.39, 0.29) is 25.3 Å². The summed E-state index contributed by atoms with van der Waals surface area (Å²) in [5.74, 6) is 0.511. The highest BCUT2D eigenvalue weighted by Crippen LogP contribution is 2.28. The smallest absolute Gasteiger partial charge is 0.407 e. The Bertz CT molecular complexity index is 1050. The van der Waals surface area contributed by atoms with Gasteiger partial charge in [0.15, 0.2) is 5.78 Å². The minimum atomic E-state index is -0.569. The van der Waals surface area contributed by atoms with Crippen molar-refractivity contribution in [1.29, 1.82) is 0 Å². The van der Waals surface area contributed by atoms with Gasteiger partial charge < -0.3 is 10.1 Å². The lowest BCUT2D eigenvalue weighted by Gasteiger charge is -2.25. The Kier molecular flexibility index (Phi) is 6.85. The van der Waals surface area contributed by atoms with Gasteiger partial charge in [-0.05, 0) is 58.2 Å². The molecule has 7 heteroatoms. The molecule has 30 heavy (non-hydrogen) atoms. The first-order chi connectivity index (χ1) is 13.5. The van der Waals surface area contributed by atoms with Gasteiger partial charge in [-0.1, -0.05) is 25.6 Å². The molecule has 1 atom stereocenters. The summed E-state index contributed by atoms with van der Waals surface area (Å²) in [6.07, 6.45) is 1.11. The van der Waals surface area contributed by atoms with Gasteiger partial charge in [0.25, 0.3) is 5.56 Å². The number of nitrogens with one attached hydrogen (secondary N) is 1. The van der Waals surface area contributed by atoms with Crippen LogP contribution >= 0.6 is 0 Å². The van der Waals surface area contributed by atoms with Gasteiger partial charge in [0.1, 0.15) is 11.4 Å². The number of ketones is 1. The Balaban J connectivity index is 0.00000320. The minimum Gasteiger partial charge on any atom is -0.444 e. The second-order valence-corrected chi connectivity index (χ2v) is 8.49. The molecule has 1 N–H and O–H groups in total. The second kappa shape index (κ2) is 8.81. The normalized spacial score (nSPS) is 16.9. The van der Waals surface area contributed by atoms with Gasteiger partial charge >= 0.3 is 6.09 Å². The summed E-state index contributed by atoms with van der Waals surface area (Å²) in [6.45, 7) is 11.3. The molecule has 1 fully saturated rings. The number of aryl methyl sites for hydroxylation is 1. The Morgan fingerprint density at radius 3 is 2.67 bits per heavy atom. The number of Topliss-reactive ketones (excluding diaryl/α,β-unsaturated/α-hetero) is 1. The highest BCUT2D eigenvalue weighted by molar-refractivity contribution is 5.86. The van der Waals surface area contributed by atoms with Gasteiger partial charge in [-0.15, -0.1) is 0 Å². The number of amides is 1. The Morgan fingerprint density at radius 2 is 2.03 bits per heavy atom. The fraction of sp³-hybridized carbons (Fsp3) is 0.478. The minimum absolute atomic E-state index is 0. The van der Waals surface area contributed by atoms with Crippen molar-refractivity contribution in [3.8, 4) is 0 Å². The number of hydrogen-bond donors (Lipinski definition) is 1. The van der Waals surface area contributed by atoms with Crippen LogP contribution in [0.5, 0.6) is 0 Å². The van der Waals surface area contributed by atoms with E-state index in [1.807, 2.05) is 0 Å². The fourth-order valence-corrected chi connectivity index (χ4v) is 3.55. The van der Waals surface area contributed by atoms with Crippen LogP contribution in [-0.4, -0.2) is 27.0 Å². The lowest BCUT2D eigenvalue weighted by Crippen LogP contribution is -2.34. The van der Waals surface area contributed by atoms with Crippen molar-refractivity contribution < 1.29 is 14.3 Å². The summed E-state index contributed by atoms with van der Waals surface area (Å²) < 4.78 is 6.74. The van der Waals surface area contributed by atoms with Crippen molar-refractivity contribution in [2.45, 2.75) is 72.6 Å². The lowest BCUT2D eigenvalue weighted by molar-refractivity contribution is -0.122. The number of benzene rings is 1. The van der Waals surface area contributed by atoms with E-state index in [2.05, 4.69) is 16.9 Å². The Morgan fingerprint density at radius 1 is 1.33 bits per heavy atom. The molecule has 0 spiro atoms. The number of nitrogens with zero attached hydrogens (tertiary/aromatic N) is 2. The van der Waals surface area contributed by atoms with Crippen molar-refractivity contribution >= 4 is 22.8 Å². The average Bonchev–Trinajstić information content (AvgIpc) is 2.60. The molecule has 1 unspecified atom stereocenters. The number of allylic oxidation sites excluding steroid dienone is 1. The number of aromatic nitrogens is 2. The molecule has 3 rings (SSSR count). The van der Waals surface area contributed by atoms with Crippen LogP contribution in [0, 0.1) is 6.92 Å². The van der Waals surface area contributed by atoms with E-state index in [0.717, 1.165) is 17.6 Å². The molecule has 1 aromatic heterocycles. The lowest BCUT2D eigenvalue weighted by atomic mass is 9.90. The Hall–Kier alpha value is -2.96. The molecular weight excluding hydrogens is 382 g/mol. The van der Waals surface area contributed by atoms with E-state index < -0.39 is 17.7 Å². The molecule has 0 radical (unpaired) electrons. The third-order valence-corrected chi connectivity index (χ3v) is 4.86. The van der Waals surface area contributed by atoms with Crippen molar-refractivity contribution in [3.63, 3.8) is 0 Å². The molecule has 0 bridgehead atoms. The zero-order chi connectivity index (χ0) is 21.3. The van der Waals surface area contributed by atoms with Crippen LogP contribution in [0.15, 0.2) is 35.1 Å². The first-order valence-electron chi connectivity index (χ1n) is 9.73. The molecule has 0 aliphatic heterocycles. The largest absolute Gasteiger partial charge is 0.444 e. The molecule has 1 aliphatic rings. The third-order valence-electron chi connectivity index (χ3n) is 4.86. The fourth-order valence-electron chi connectivity index (χ4n) is 3.55. The van der Waals surface area contributed by atoms with Crippen LogP contribution in [0.25, 0.3) is 10.9 Å². The average molecular weight is 414 g/mol. The predicted octanol–water partition coefficient (Wildman–Crippen LogP) is 4.22. The summed E-state index contributed by atoms with van der Waals surface area (Å²) in [6, 6.07) is 4.75. The highest BCUT2D eigenvalue weighted by atomic mass is 16.6. The monoisotopic (exact) mass is 413 g/mol. The SMILES string of the molecule is C.C=C1CCC(n2c(C)nc3cc(CNC(=O)OC(C)(C)C)ccc3c2=O)C(=O)C1. The summed E-state index contributed by atoms with van der Waals surface area (Å²) in [5.41, 5.74) is 1.47. The van der Waals surface area contributed by atoms with Gasteiger partial charge in [0, 0.05) is 13.0 Å². The number of carbonyl (C=O) groups is 2. The van der Waals surface area contributed by atoms with Gasteiger partial charge in [-0.3, -0.25) is 14.2 Å². The quantitative estimate of drug-likeness (QED) is 0.761. The van der Waals surface area contributed by atoms with Crippen LogP contribution in [0.2, 0.25) is 0 Å². The van der Waals surface area contributed by atoms with Crippen LogP contribution in [-0.2, 0) is 16.1 Å². The summed E-state index contributed by atoms with van der Waals surface area (Å²) in [7, 11) is 0. The topological polar surface area (TPSA) is 90.3 Å². The number of ether oxygens (including phenoxy) is 1. The number of alkyl carbamates (subject to hydrolysis) is 1. The van der Waals surface area contributed by atoms with Crippen molar-refractivity contribution in [2.75, 3.05) is 0 Å². The van der Waals surface area contributed by atoms with Crippen molar-refractivity contribution in [2.24, 2.45) is 0 Å². The number of carbonyl (C=O) groups excluding carboxylic acids is 2. The van der Waals surface area contributed by atoms with Crippen LogP contribution in [0.3, 0.4) is 0 Å². The van der Waals surface area contributed by atoms with E-state index in [1.54, 1.807) is 45.9 Å². The molecule has 7 nitrogen and oxygen atoms in total. The van der Waals surface area contributed by atoms with Crippen molar-refractivity contribution in [3.05, 3.63) is 52.1 Å². The van der Waals surface area contributed by atoms with E-state index in [9.17, 15) is 14.4 Å². The number of rotatable bonds is 3. The molecule has 1 amide bonds. The van der Waals surface area contributed by atoms with Crippen LogP contribution in [0.1, 0.15) is 64.9 Å². The molecular formula is C23H31N3O4. The van der Waals surface area contributed by atoms with E-state index in [1.165, 1.54) is 4.57 Å². The van der Waals surface area contributed by atoms with E-state index in [0.29, 0.717) is 29.6 Å².